The highest BCUT2D eigenvalue weighted by atomic mass is 16.5. The number of hydrogen-bond donors (Lipinski definition) is 1. The zero-order valence-electron chi connectivity index (χ0n) is 21.7. The van der Waals surface area contributed by atoms with E-state index in [9.17, 15) is 4.79 Å². The number of hydrogen-bond acceptors (Lipinski definition) is 5. The summed E-state index contributed by atoms with van der Waals surface area (Å²) in [5.41, 5.74) is 3.23. The van der Waals surface area contributed by atoms with Crippen molar-refractivity contribution < 1.29 is 14.3 Å². The molecule has 3 saturated heterocycles. The minimum absolute atomic E-state index is 0.00398. The minimum Gasteiger partial charge on any atom is -0.496 e. The van der Waals surface area contributed by atoms with Gasteiger partial charge in [-0.1, -0.05) is 36.8 Å². The first-order valence-electron chi connectivity index (χ1n) is 13.7. The molecule has 2 aromatic carbocycles. The van der Waals surface area contributed by atoms with E-state index in [2.05, 4.69) is 39.4 Å². The quantitative estimate of drug-likeness (QED) is 0.584. The van der Waals surface area contributed by atoms with E-state index >= 15 is 0 Å². The summed E-state index contributed by atoms with van der Waals surface area (Å²) in [6, 6.07) is 16.4. The largest absolute Gasteiger partial charge is 0.496 e. The molecule has 2 aromatic rings. The molecule has 1 spiro atoms. The number of methoxy groups -OCH3 is 1. The van der Waals surface area contributed by atoms with Gasteiger partial charge in [-0.05, 0) is 75.4 Å². The summed E-state index contributed by atoms with van der Waals surface area (Å²) in [6.07, 6.45) is 8.24. The molecule has 0 unspecified atom stereocenters. The molecule has 0 aromatic heterocycles. The van der Waals surface area contributed by atoms with Gasteiger partial charge in [-0.25, -0.2) is 0 Å². The summed E-state index contributed by atoms with van der Waals surface area (Å²) in [5.74, 6) is 0.957. The molecule has 6 heteroatoms. The number of rotatable bonds is 8. The highest BCUT2D eigenvalue weighted by Gasteiger charge is 2.42. The number of piperidine rings is 2. The van der Waals surface area contributed by atoms with Crippen molar-refractivity contribution in [3.8, 4) is 5.75 Å². The maximum absolute atomic E-state index is 12.7. The van der Waals surface area contributed by atoms with E-state index in [1.54, 1.807) is 7.11 Å². The Balaban J connectivity index is 1.05. The molecule has 1 amide bonds. The Kier molecular flexibility index (Phi) is 8.25. The molecule has 1 N–H and O–H groups in total. The number of benzene rings is 2. The lowest BCUT2D eigenvalue weighted by Gasteiger charge is -2.39. The Morgan fingerprint density at radius 2 is 1.67 bits per heavy atom. The van der Waals surface area contributed by atoms with Gasteiger partial charge in [-0.3, -0.25) is 14.6 Å². The van der Waals surface area contributed by atoms with Crippen molar-refractivity contribution in [1.82, 2.24) is 15.1 Å². The average Bonchev–Trinajstić information content (AvgIpc) is 3.32. The van der Waals surface area contributed by atoms with E-state index in [1.165, 1.54) is 43.5 Å². The second kappa shape index (κ2) is 11.8. The molecule has 194 valence electrons. The molecule has 3 aliphatic rings. The first-order chi connectivity index (χ1) is 17.6. The molecular weight excluding hydrogens is 450 g/mol. The lowest BCUT2D eigenvalue weighted by Crippen LogP contribution is -2.44. The predicted molar refractivity (Wildman–Crippen MR) is 142 cm³/mol. The summed E-state index contributed by atoms with van der Waals surface area (Å²) in [7, 11) is 1.74. The summed E-state index contributed by atoms with van der Waals surface area (Å²) in [6.45, 7) is 6.91. The monoisotopic (exact) mass is 491 g/mol. The maximum Gasteiger partial charge on any atom is 0.251 e. The summed E-state index contributed by atoms with van der Waals surface area (Å²) in [5, 5.41) is 3.12. The number of ether oxygens (including phenoxy) is 2. The van der Waals surface area contributed by atoms with Gasteiger partial charge in [0.25, 0.3) is 5.91 Å². The fraction of sp³-hybridized carbons (Fsp3) is 0.567. The highest BCUT2D eigenvalue weighted by molar-refractivity contribution is 5.94. The molecular formula is C30H41N3O3. The molecule has 6 nitrogen and oxygen atoms in total. The Bertz CT molecular complexity index is 995. The second-order valence-electron chi connectivity index (χ2n) is 10.8. The van der Waals surface area contributed by atoms with Crippen molar-refractivity contribution in [2.45, 2.75) is 69.7 Å². The zero-order valence-corrected chi connectivity index (χ0v) is 21.7. The van der Waals surface area contributed by atoms with Gasteiger partial charge >= 0.3 is 0 Å². The topological polar surface area (TPSA) is 54.0 Å². The van der Waals surface area contributed by atoms with Crippen molar-refractivity contribution in [2.75, 3.05) is 39.8 Å². The highest BCUT2D eigenvalue weighted by Crippen LogP contribution is 2.39. The van der Waals surface area contributed by atoms with Crippen LogP contribution in [0.3, 0.4) is 0 Å². The summed E-state index contributed by atoms with van der Waals surface area (Å²) in [4.78, 5) is 17.8. The number of carbonyl (C=O) groups excluding carboxylic acids is 1. The molecule has 0 aliphatic carbocycles. The van der Waals surface area contributed by atoms with Gasteiger partial charge in [0, 0.05) is 43.9 Å². The molecule has 0 bridgehead atoms. The lowest BCUT2D eigenvalue weighted by molar-refractivity contribution is -0.0765. The van der Waals surface area contributed by atoms with Crippen molar-refractivity contribution in [3.63, 3.8) is 0 Å². The third-order valence-corrected chi connectivity index (χ3v) is 8.25. The molecule has 1 atom stereocenters. The minimum atomic E-state index is -0.0250. The van der Waals surface area contributed by atoms with E-state index in [-0.39, 0.29) is 17.6 Å². The van der Waals surface area contributed by atoms with Gasteiger partial charge in [0.2, 0.25) is 0 Å². The number of nitrogens with zero attached hydrogens (tertiary/aromatic N) is 2. The lowest BCUT2D eigenvalue weighted by atomic mass is 9.88. The Morgan fingerprint density at radius 3 is 2.42 bits per heavy atom. The fourth-order valence-electron chi connectivity index (χ4n) is 6.05. The third kappa shape index (κ3) is 6.28. The van der Waals surface area contributed by atoms with Crippen LogP contribution >= 0.6 is 0 Å². The van der Waals surface area contributed by atoms with Crippen molar-refractivity contribution in [2.24, 2.45) is 0 Å². The SMILES string of the molecule is COc1ccccc1CN1CCC2(CC[C@H](CNC(=O)c3ccc(CN4CCCCC4)cc3)O2)CC1. The number of likely N-dealkylation sites (tertiary alicyclic amines) is 2. The standard InChI is InChI=1S/C30H41N3O3/c1-35-28-8-4-3-7-26(28)23-33-19-15-30(16-20-33)14-13-27(36-30)21-31-29(34)25-11-9-24(10-12-25)22-32-17-5-2-6-18-32/h3-4,7-12,27H,2,5-6,13-23H2,1H3,(H,31,34)/t27-/m1/s1. The molecule has 5 rings (SSSR count). The molecule has 0 radical (unpaired) electrons. The van der Waals surface area contributed by atoms with Crippen molar-refractivity contribution in [3.05, 3.63) is 65.2 Å². The van der Waals surface area contributed by atoms with Gasteiger partial charge < -0.3 is 14.8 Å². The summed E-state index contributed by atoms with van der Waals surface area (Å²) >= 11 is 0. The van der Waals surface area contributed by atoms with Crippen LogP contribution < -0.4 is 10.1 Å². The van der Waals surface area contributed by atoms with E-state index in [0.717, 1.165) is 63.2 Å². The second-order valence-corrected chi connectivity index (χ2v) is 10.8. The fourth-order valence-corrected chi connectivity index (χ4v) is 6.05. The van der Waals surface area contributed by atoms with Gasteiger partial charge in [0.05, 0.1) is 18.8 Å². The van der Waals surface area contributed by atoms with Crippen LogP contribution in [0.25, 0.3) is 0 Å². The van der Waals surface area contributed by atoms with E-state index in [4.69, 9.17) is 9.47 Å². The third-order valence-electron chi connectivity index (χ3n) is 8.25. The Hall–Kier alpha value is -2.41. The normalized spacial score (nSPS) is 22.5. The smallest absolute Gasteiger partial charge is 0.251 e. The Labute approximate surface area is 215 Å². The Morgan fingerprint density at radius 1 is 0.944 bits per heavy atom. The number of nitrogens with one attached hydrogen (secondary N) is 1. The number of amides is 1. The first-order valence-corrected chi connectivity index (χ1v) is 13.7. The molecule has 3 heterocycles. The van der Waals surface area contributed by atoms with Crippen LogP contribution in [-0.4, -0.2) is 67.2 Å². The van der Waals surface area contributed by atoms with E-state index in [0.29, 0.717) is 6.54 Å². The first kappa shape index (κ1) is 25.2. The average molecular weight is 492 g/mol. The van der Waals surface area contributed by atoms with Crippen molar-refractivity contribution in [1.29, 1.82) is 0 Å². The summed E-state index contributed by atoms with van der Waals surface area (Å²) < 4.78 is 12.1. The molecule has 36 heavy (non-hydrogen) atoms. The van der Waals surface area contributed by atoms with E-state index in [1.807, 2.05) is 24.3 Å². The van der Waals surface area contributed by atoms with Crippen LogP contribution in [0, 0.1) is 0 Å². The van der Waals surface area contributed by atoms with Gasteiger partial charge in [0.1, 0.15) is 5.75 Å². The van der Waals surface area contributed by atoms with Crippen LogP contribution in [0.5, 0.6) is 5.75 Å². The van der Waals surface area contributed by atoms with Gasteiger partial charge in [0.15, 0.2) is 0 Å². The molecule has 3 fully saturated rings. The van der Waals surface area contributed by atoms with Crippen LogP contribution in [0.1, 0.15) is 66.4 Å². The zero-order chi connectivity index (χ0) is 24.8. The molecule has 0 saturated carbocycles. The van der Waals surface area contributed by atoms with E-state index < -0.39 is 0 Å². The number of carbonyl (C=O) groups is 1. The van der Waals surface area contributed by atoms with Gasteiger partial charge in [-0.2, -0.15) is 0 Å². The van der Waals surface area contributed by atoms with Crippen LogP contribution in [0.15, 0.2) is 48.5 Å². The maximum atomic E-state index is 12.7. The number of para-hydroxylation sites is 1. The van der Waals surface area contributed by atoms with Crippen LogP contribution in [0.2, 0.25) is 0 Å². The van der Waals surface area contributed by atoms with Crippen LogP contribution in [0.4, 0.5) is 0 Å². The predicted octanol–water partition coefficient (Wildman–Crippen LogP) is 4.62. The van der Waals surface area contributed by atoms with Crippen LogP contribution in [-0.2, 0) is 17.8 Å². The van der Waals surface area contributed by atoms with Crippen molar-refractivity contribution >= 4 is 5.91 Å². The molecule has 3 aliphatic heterocycles. The van der Waals surface area contributed by atoms with Gasteiger partial charge in [-0.15, -0.1) is 0 Å².